The maximum absolute atomic E-state index is 12.0. The molecule has 0 saturated heterocycles. The lowest BCUT2D eigenvalue weighted by Crippen LogP contribution is -2.12. The summed E-state index contributed by atoms with van der Waals surface area (Å²) < 4.78 is 18.1. The molecule has 0 aromatic rings. The predicted octanol–water partition coefficient (Wildman–Crippen LogP) is 8.79. The molecule has 158 valence electrons. The topological polar surface area (TPSA) is 9.23 Å². The van der Waals surface area contributed by atoms with Crippen LogP contribution < -0.4 is 0 Å². The summed E-state index contributed by atoms with van der Waals surface area (Å²) in [6.07, 6.45) is 25.0. The Morgan fingerprint density at radius 3 is 1.54 bits per heavy atom. The number of ether oxygens (including phenoxy) is 1. The van der Waals surface area contributed by atoms with Gasteiger partial charge in [-0.1, -0.05) is 110 Å². The van der Waals surface area contributed by atoms with E-state index in [-0.39, 0.29) is 6.67 Å². The van der Waals surface area contributed by atoms with Gasteiger partial charge < -0.3 is 4.74 Å². The second kappa shape index (κ2) is 22.9. The molecule has 0 aromatic heterocycles. The van der Waals surface area contributed by atoms with Crippen LogP contribution >= 0.6 is 0 Å². The first-order chi connectivity index (χ1) is 12.8. The van der Waals surface area contributed by atoms with Gasteiger partial charge in [0, 0.05) is 6.61 Å². The minimum absolute atomic E-state index is 0.153. The molecule has 0 radical (unpaired) electrons. The number of alkyl halides is 1. The minimum Gasteiger partial charge on any atom is -0.378 e. The van der Waals surface area contributed by atoms with Crippen LogP contribution in [0.25, 0.3) is 0 Å². The van der Waals surface area contributed by atoms with Crippen molar-refractivity contribution in [3.05, 3.63) is 0 Å². The van der Waals surface area contributed by atoms with E-state index in [1.54, 1.807) is 0 Å². The Kier molecular flexibility index (Phi) is 22.8. The highest BCUT2D eigenvalue weighted by Gasteiger charge is 2.06. The van der Waals surface area contributed by atoms with Crippen molar-refractivity contribution in [3.63, 3.8) is 0 Å². The molecule has 0 fully saturated rings. The van der Waals surface area contributed by atoms with Crippen LogP contribution in [0.1, 0.15) is 136 Å². The second-order valence-corrected chi connectivity index (χ2v) is 8.04. The molecule has 0 spiro atoms. The molecule has 0 aliphatic heterocycles. The normalized spacial score (nSPS) is 12.6. The van der Waals surface area contributed by atoms with Crippen LogP contribution in [0.4, 0.5) is 4.39 Å². The van der Waals surface area contributed by atoms with Crippen LogP contribution in [-0.2, 0) is 4.74 Å². The van der Waals surface area contributed by atoms with Crippen molar-refractivity contribution in [2.24, 2.45) is 0 Å². The zero-order valence-electron chi connectivity index (χ0n) is 18.2. The molecule has 1 atom stereocenters. The molecular weight excluding hydrogens is 323 g/mol. The van der Waals surface area contributed by atoms with E-state index in [2.05, 4.69) is 13.8 Å². The molecule has 1 nitrogen and oxygen atoms in total. The van der Waals surface area contributed by atoms with E-state index in [1.807, 2.05) is 0 Å². The maximum atomic E-state index is 12.0. The minimum atomic E-state index is -0.153. The van der Waals surface area contributed by atoms with E-state index in [0.717, 1.165) is 25.9 Å². The van der Waals surface area contributed by atoms with Gasteiger partial charge in [-0.3, -0.25) is 4.39 Å². The van der Waals surface area contributed by atoms with Crippen molar-refractivity contribution in [2.75, 3.05) is 13.3 Å². The third kappa shape index (κ3) is 20.2. The second-order valence-electron chi connectivity index (χ2n) is 8.04. The van der Waals surface area contributed by atoms with Crippen molar-refractivity contribution in [2.45, 2.75) is 142 Å². The summed E-state index contributed by atoms with van der Waals surface area (Å²) >= 11 is 0. The molecule has 0 N–H and O–H groups in total. The molecule has 0 saturated carbocycles. The molecular formula is C24H49FO. The van der Waals surface area contributed by atoms with Gasteiger partial charge in [-0.15, -0.1) is 0 Å². The molecule has 0 aliphatic carbocycles. The van der Waals surface area contributed by atoms with Crippen molar-refractivity contribution in [3.8, 4) is 0 Å². The Hall–Kier alpha value is -0.110. The highest BCUT2D eigenvalue weighted by atomic mass is 19.1. The lowest BCUT2D eigenvalue weighted by molar-refractivity contribution is 0.0406. The molecule has 0 amide bonds. The van der Waals surface area contributed by atoms with Gasteiger partial charge >= 0.3 is 0 Å². The van der Waals surface area contributed by atoms with Crippen LogP contribution in [-0.4, -0.2) is 19.4 Å². The van der Waals surface area contributed by atoms with Crippen LogP contribution in [0.5, 0.6) is 0 Å². The Bertz CT molecular complexity index is 244. The molecule has 26 heavy (non-hydrogen) atoms. The molecule has 0 heterocycles. The molecule has 1 unspecified atom stereocenters. The number of hydrogen-bond donors (Lipinski definition) is 0. The summed E-state index contributed by atoms with van der Waals surface area (Å²) in [5, 5.41) is 0. The number of rotatable bonds is 22. The van der Waals surface area contributed by atoms with Crippen molar-refractivity contribution in [1.82, 2.24) is 0 Å². The average molecular weight is 373 g/mol. The highest BCUT2D eigenvalue weighted by Crippen LogP contribution is 2.14. The van der Waals surface area contributed by atoms with Gasteiger partial charge in [0.15, 0.2) is 0 Å². The van der Waals surface area contributed by atoms with E-state index >= 15 is 0 Å². The van der Waals surface area contributed by atoms with Gasteiger partial charge in [-0.25, -0.2) is 0 Å². The molecule has 2 heteroatoms. The fourth-order valence-corrected chi connectivity index (χ4v) is 3.60. The van der Waals surface area contributed by atoms with Crippen LogP contribution in [0, 0.1) is 0 Å². The lowest BCUT2D eigenvalue weighted by atomic mass is 10.1. The van der Waals surface area contributed by atoms with Gasteiger partial charge in [0.25, 0.3) is 0 Å². The summed E-state index contributed by atoms with van der Waals surface area (Å²) in [5.74, 6) is 0. The zero-order chi connectivity index (χ0) is 19.1. The van der Waals surface area contributed by atoms with E-state index in [0.29, 0.717) is 6.10 Å². The van der Waals surface area contributed by atoms with Crippen LogP contribution in [0.2, 0.25) is 0 Å². The molecule has 0 aliphatic rings. The summed E-state index contributed by atoms with van der Waals surface area (Å²) in [4.78, 5) is 0. The molecule has 0 aromatic carbocycles. The molecule has 0 bridgehead atoms. The van der Waals surface area contributed by atoms with Crippen LogP contribution in [0.15, 0.2) is 0 Å². The third-order valence-electron chi connectivity index (χ3n) is 5.47. The van der Waals surface area contributed by atoms with Crippen molar-refractivity contribution in [1.29, 1.82) is 0 Å². The first-order valence-corrected chi connectivity index (χ1v) is 12.0. The highest BCUT2D eigenvalue weighted by molar-refractivity contribution is 4.57. The first-order valence-electron chi connectivity index (χ1n) is 12.0. The lowest BCUT2D eigenvalue weighted by Gasteiger charge is -2.16. The number of halogens is 1. The van der Waals surface area contributed by atoms with Crippen LogP contribution in [0.3, 0.4) is 0 Å². The van der Waals surface area contributed by atoms with Gasteiger partial charge in [0.05, 0.1) is 12.8 Å². The summed E-state index contributed by atoms with van der Waals surface area (Å²) in [7, 11) is 0. The Morgan fingerprint density at radius 2 is 1.04 bits per heavy atom. The third-order valence-corrected chi connectivity index (χ3v) is 5.47. The molecule has 0 rings (SSSR count). The van der Waals surface area contributed by atoms with Gasteiger partial charge in [0.2, 0.25) is 0 Å². The Labute approximate surface area is 164 Å². The Balaban J connectivity index is 3.23. The monoisotopic (exact) mass is 372 g/mol. The quantitative estimate of drug-likeness (QED) is 0.172. The maximum Gasteiger partial charge on any atom is 0.0894 e. The zero-order valence-corrected chi connectivity index (χ0v) is 18.2. The summed E-state index contributed by atoms with van der Waals surface area (Å²) in [6, 6.07) is 0. The fraction of sp³-hybridized carbons (Fsp3) is 1.00. The van der Waals surface area contributed by atoms with Crippen molar-refractivity contribution >= 4 is 0 Å². The SMILES string of the molecule is CCCCCCCCCCCCCCOC(CC)CCCCCCCF. The van der Waals surface area contributed by atoms with E-state index in [1.165, 1.54) is 103 Å². The van der Waals surface area contributed by atoms with E-state index in [4.69, 9.17) is 4.74 Å². The van der Waals surface area contributed by atoms with Gasteiger partial charge in [-0.2, -0.15) is 0 Å². The van der Waals surface area contributed by atoms with Gasteiger partial charge in [0.1, 0.15) is 0 Å². The summed E-state index contributed by atoms with van der Waals surface area (Å²) in [5.41, 5.74) is 0. The number of hydrogen-bond acceptors (Lipinski definition) is 1. The predicted molar refractivity (Wildman–Crippen MR) is 115 cm³/mol. The van der Waals surface area contributed by atoms with Gasteiger partial charge in [-0.05, 0) is 25.7 Å². The average Bonchev–Trinajstić information content (AvgIpc) is 2.66. The smallest absolute Gasteiger partial charge is 0.0894 e. The fourth-order valence-electron chi connectivity index (χ4n) is 3.60. The Morgan fingerprint density at radius 1 is 0.577 bits per heavy atom. The summed E-state index contributed by atoms with van der Waals surface area (Å²) in [6.45, 7) is 5.31. The largest absolute Gasteiger partial charge is 0.378 e. The number of unbranched alkanes of at least 4 members (excludes halogenated alkanes) is 15. The first kappa shape index (κ1) is 25.9. The van der Waals surface area contributed by atoms with E-state index in [9.17, 15) is 4.39 Å². The van der Waals surface area contributed by atoms with E-state index < -0.39 is 0 Å². The standard InChI is InChI=1S/C24H49FO/c1-3-5-6-7-8-9-10-11-12-13-17-20-23-26-24(4-2)21-18-15-14-16-19-22-25/h24H,3-23H2,1-2H3. The van der Waals surface area contributed by atoms with Crippen molar-refractivity contribution < 1.29 is 9.13 Å².